The highest BCUT2D eigenvalue weighted by Crippen LogP contribution is 2.35. The van der Waals surface area contributed by atoms with Gasteiger partial charge in [-0.15, -0.1) is 0 Å². The van der Waals surface area contributed by atoms with Crippen LogP contribution in [0.5, 0.6) is 11.5 Å². The lowest BCUT2D eigenvalue weighted by Gasteiger charge is -2.22. The Labute approximate surface area is 126 Å². The quantitative estimate of drug-likeness (QED) is 0.617. The van der Waals surface area contributed by atoms with Crippen LogP contribution in [0.4, 0.5) is 0 Å². The van der Waals surface area contributed by atoms with Crippen LogP contribution in [-0.2, 0) is 11.3 Å². The van der Waals surface area contributed by atoms with Crippen LogP contribution in [0.3, 0.4) is 0 Å². The molecule has 0 saturated carbocycles. The number of methoxy groups -OCH3 is 1. The standard InChI is InChI=1S/C15H24ClNO3/c1-6-19-10-20-14-11(9-17-15(2,3)4)7-12(16)8-13(14)18-5/h7-8,17H,6,9-10H2,1-5H3. The van der Waals surface area contributed by atoms with Gasteiger partial charge in [-0.05, 0) is 33.8 Å². The molecule has 1 rings (SSSR count). The van der Waals surface area contributed by atoms with E-state index in [0.29, 0.717) is 29.7 Å². The van der Waals surface area contributed by atoms with E-state index in [2.05, 4.69) is 26.1 Å². The van der Waals surface area contributed by atoms with Gasteiger partial charge in [-0.25, -0.2) is 0 Å². The number of rotatable bonds is 7. The maximum absolute atomic E-state index is 6.12. The number of hydrogen-bond acceptors (Lipinski definition) is 4. The van der Waals surface area contributed by atoms with E-state index in [1.165, 1.54) is 0 Å². The Hall–Kier alpha value is -0.970. The highest BCUT2D eigenvalue weighted by Gasteiger charge is 2.16. The molecule has 0 unspecified atom stereocenters. The van der Waals surface area contributed by atoms with E-state index in [4.69, 9.17) is 25.8 Å². The fourth-order valence-electron chi connectivity index (χ4n) is 1.61. The molecule has 5 heteroatoms. The van der Waals surface area contributed by atoms with Crippen LogP contribution in [0.1, 0.15) is 33.3 Å². The van der Waals surface area contributed by atoms with Gasteiger partial charge >= 0.3 is 0 Å². The second-order valence-corrected chi connectivity index (χ2v) is 5.89. The first-order chi connectivity index (χ1) is 9.37. The summed E-state index contributed by atoms with van der Waals surface area (Å²) in [6, 6.07) is 3.62. The van der Waals surface area contributed by atoms with Crippen molar-refractivity contribution < 1.29 is 14.2 Å². The van der Waals surface area contributed by atoms with Gasteiger partial charge in [0.25, 0.3) is 0 Å². The van der Waals surface area contributed by atoms with Crippen LogP contribution in [0, 0.1) is 0 Å². The van der Waals surface area contributed by atoms with Crippen molar-refractivity contribution in [3.8, 4) is 11.5 Å². The van der Waals surface area contributed by atoms with Crippen molar-refractivity contribution in [1.29, 1.82) is 0 Å². The van der Waals surface area contributed by atoms with E-state index in [-0.39, 0.29) is 12.3 Å². The minimum Gasteiger partial charge on any atom is -0.493 e. The average Bonchev–Trinajstić information content (AvgIpc) is 2.37. The van der Waals surface area contributed by atoms with E-state index in [9.17, 15) is 0 Å². The topological polar surface area (TPSA) is 39.7 Å². The van der Waals surface area contributed by atoms with Gasteiger partial charge in [-0.1, -0.05) is 11.6 Å². The summed E-state index contributed by atoms with van der Waals surface area (Å²) in [5, 5.41) is 4.03. The van der Waals surface area contributed by atoms with Crippen LogP contribution >= 0.6 is 11.6 Å². The summed E-state index contributed by atoms with van der Waals surface area (Å²) in [5.74, 6) is 1.28. The molecule has 20 heavy (non-hydrogen) atoms. The molecular formula is C15H24ClNO3. The van der Waals surface area contributed by atoms with Gasteiger partial charge < -0.3 is 19.5 Å². The highest BCUT2D eigenvalue weighted by atomic mass is 35.5. The lowest BCUT2D eigenvalue weighted by molar-refractivity contribution is 0.0202. The summed E-state index contributed by atoms with van der Waals surface area (Å²) in [6.07, 6.45) is 0. The summed E-state index contributed by atoms with van der Waals surface area (Å²) in [4.78, 5) is 0. The minimum atomic E-state index is 0.00669. The summed E-state index contributed by atoms with van der Waals surface area (Å²) in [5.41, 5.74) is 0.955. The van der Waals surface area contributed by atoms with Crippen LogP contribution in [0.25, 0.3) is 0 Å². The number of ether oxygens (including phenoxy) is 3. The lowest BCUT2D eigenvalue weighted by atomic mass is 10.1. The second kappa shape index (κ2) is 7.72. The molecule has 0 spiro atoms. The van der Waals surface area contributed by atoms with Gasteiger partial charge in [0, 0.05) is 35.3 Å². The molecule has 0 aromatic heterocycles. The summed E-state index contributed by atoms with van der Waals surface area (Å²) >= 11 is 6.12. The molecule has 0 aliphatic carbocycles. The Morgan fingerprint density at radius 1 is 1.25 bits per heavy atom. The molecule has 0 atom stereocenters. The minimum absolute atomic E-state index is 0.00669. The van der Waals surface area contributed by atoms with Gasteiger partial charge in [0.1, 0.15) is 0 Å². The van der Waals surface area contributed by atoms with Gasteiger partial charge in [-0.3, -0.25) is 0 Å². The third-order valence-corrected chi connectivity index (χ3v) is 2.83. The molecule has 0 amide bonds. The molecule has 0 radical (unpaired) electrons. The van der Waals surface area contributed by atoms with Crippen molar-refractivity contribution in [2.75, 3.05) is 20.5 Å². The van der Waals surface area contributed by atoms with Crippen molar-refractivity contribution in [3.05, 3.63) is 22.7 Å². The summed E-state index contributed by atoms with van der Waals surface area (Å²) in [7, 11) is 1.60. The van der Waals surface area contributed by atoms with Gasteiger partial charge in [0.2, 0.25) is 0 Å². The van der Waals surface area contributed by atoms with Crippen LogP contribution in [0.15, 0.2) is 12.1 Å². The highest BCUT2D eigenvalue weighted by molar-refractivity contribution is 6.30. The summed E-state index contributed by atoms with van der Waals surface area (Å²) in [6.45, 7) is 9.68. The summed E-state index contributed by atoms with van der Waals surface area (Å²) < 4.78 is 16.2. The van der Waals surface area contributed by atoms with Gasteiger partial charge in [-0.2, -0.15) is 0 Å². The maximum atomic E-state index is 6.12. The average molecular weight is 302 g/mol. The zero-order chi connectivity index (χ0) is 15.2. The largest absolute Gasteiger partial charge is 0.493 e. The molecule has 1 aromatic carbocycles. The van der Waals surface area contributed by atoms with Gasteiger partial charge in [0.15, 0.2) is 18.3 Å². The predicted molar refractivity (Wildman–Crippen MR) is 81.7 cm³/mol. The first-order valence-corrected chi connectivity index (χ1v) is 7.07. The molecule has 0 saturated heterocycles. The van der Waals surface area contributed by atoms with Crippen molar-refractivity contribution in [3.63, 3.8) is 0 Å². The van der Waals surface area contributed by atoms with Crippen molar-refractivity contribution >= 4 is 11.6 Å². The molecule has 0 bridgehead atoms. The SMILES string of the molecule is CCOCOc1c(CNC(C)(C)C)cc(Cl)cc1OC. The molecule has 114 valence electrons. The Morgan fingerprint density at radius 2 is 1.95 bits per heavy atom. The van der Waals surface area contributed by atoms with E-state index in [0.717, 1.165) is 5.56 Å². The van der Waals surface area contributed by atoms with Crippen molar-refractivity contribution in [2.45, 2.75) is 39.8 Å². The molecule has 0 aliphatic rings. The zero-order valence-corrected chi connectivity index (χ0v) is 13.6. The molecular weight excluding hydrogens is 278 g/mol. The fraction of sp³-hybridized carbons (Fsp3) is 0.600. The Bertz CT molecular complexity index is 430. The first kappa shape index (κ1) is 17.1. The van der Waals surface area contributed by atoms with E-state index in [1.807, 2.05) is 13.0 Å². The van der Waals surface area contributed by atoms with E-state index < -0.39 is 0 Å². The third-order valence-electron chi connectivity index (χ3n) is 2.62. The van der Waals surface area contributed by atoms with Crippen LogP contribution in [0.2, 0.25) is 5.02 Å². The Kier molecular flexibility index (Phi) is 6.59. The molecule has 1 aromatic rings. The Morgan fingerprint density at radius 3 is 2.50 bits per heavy atom. The van der Waals surface area contributed by atoms with E-state index in [1.54, 1.807) is 13.2 Å². The number of nitrogens with one attached hydrogen (secondary N) is 1. The zero-order valence-electron chi connectivity index (χ0n) is 12.9. The van der Waals surface area contributed by atoms with Gasteiger partial charge in [0.05, 0.1) is 7.11 Å². The maximum Gasteiger partial charge on any atom is 0.189 e. The predicted octanol–water partition coefficient (Wildman–Crippen LogP) is 3.61. The molecule has 0 fully saturated rings. The second-order valence-electron chi connectivity index (χ2n) is 5.45. The third kappa shape index (κ3) is 5.57. The van der Waals surface area contributed by atoms with Crippen LogP contribution in [-0.4, -0.2) is 26.0 Å². The normalized spacial score (nSPS) is 11.5. The molecule has 1 N–H and O–H groups in total. The Balaban J connectivity index is 2.95. The fourth-order valence-corrected chi connectivity index (χ4v) is 1.84. The first-order valence-electron chi connectivity index (χ1n) is 6.69. The molecule has 0 aliphatic heterocycles. The monoisotopic (exact) mass is 301 g/mol. The lowest BCUT2D eigenvalue weighted by Crippen LogP contribution is -2.35. The number of halogens is 1. The smallest absolute Gasteiger partial charge is 0.189 e. The molecule has 4 nitrogen and oxygen atoms in total. The van der Waals surface area contributed by atoms with E-state index >= 15 is 0 Å². The number of hydrogen-bond donors (Lipinski definition) is 1. The number of benzene rings is 1. The van der Waals surface area contributed by atoms with Crippen molar-refractivity contribution in [1.82, 2.24) is 5.32 Å². The van der Waals surface area contributed by atoms with Crippen molar-refractivity contribution in [2.24, 2.45) is 0 Å². The molecule has 0 heterocycles. The van der Waals surface area contributed by atoms with Crippen LogP contribution < -0.4 is 14.8 Å².